The first-order valence-corrected chi connectivity index (χ1v) is 6.24. The molecule has 1 heterocycles. The van der Waals surface area contributed by atoms with Crippen LogP contribution in [0.25, 0.3) is 0 Å². The molecule has 2 N–H and O–H groups in total. The third-order valence-corrected chi connectivity index (χ3v) is 3.69. The molecule has 1 aromatic carbocycles. The van der Waals surface area contributed by atoms with Gasteiger partial charge in [-0.3, -0.25) is 4.79 Å². The fourth-order valence-corrected chi connectivity index (χ4v) is 2.20. The van der Waals surface area contributed by atoms with E-state index in [4.69, 9.17) is 5.73 Å². The van der Waals surface area contributed by atoms with Crippen LogP contribution in [0.3, 0.4) is 0 Å². The van der Waals surface area contributed by atoms with E-state index in [2.05, 4.69) is 19.1 Å². The van der Waals surface area contributed by atoms with Gasteiger partial charge in [-0.05, 0) is 17.0 Å². The lowest BCUT2D eigenvalue weighted by Crippen LogP contribution is -2.44. The second-order valence-electron chi connectivity index (χ2n) is 4.87. The highest BCUT2D eigenvalue weighted by atomic mass is 35.5. The Hall–Kier alpha value is -1.06. The minimum atomic E-state index is -0.366. The molecule has 0 saturated carbocycles. The average Bonchev–Trinajstić information content (AvgIpc) is 2.79. The predicted molar refractivity (Wildman–Crippen MR) is 75.4 cm³/mol. The highest BCUT2D eigenvalue weighted by molar-refractivity contribution is 5.85. The highest BCUT2D eigenvalue weighted by Gasteiger charge is 2.28. The molecule has 0 saturated heterocycles. The molecule has 1 aliphatic heterocycles. The van der Waals surface area contributed by atoms with Crippen LogP contribution in [-0.4, -0.2) is 16.8 Å². The van der Waals surface area contributed by atoms with Crippen LogP contribution in [0.15, 0.2) is 24.3 Å². The minimum absolute atomic E-state index is 0. The molecule has 0 aromatic heterocycles. The van der Waals surface area contributed by atoms with Gasteiger partial charge in [0.15, 0.2) is 0 Å². The fourth-order valence-electron chi connectivity index (χ4n) is 2.20. The van der Waals surface area contributed by atoms with Crippen molar-refractivity contribution in [1.29, 1.82) is 0 Å². The number of hydrogen-bond acceptors (Lipinski definition) is 2. The molecule has 0 spiro atoms. The van der Waals surface area contributed by atoms with Gasteiger partial charge < -0.3 is 10.6 Å². The lowest BCUT2D eigenvalue weighted by Gasteiger charge is -2.23. The summed E-state index contributed by atoms with van der Waals surface area (Å²) >= 11 is 0. The zero-order chi connectivity index (χ0) is 12.4. The van der Waals surface area contributed by atoms with Crippen molar-refractivity contribution in [2.24, 2.45) is 11.7 Å². The van der Waals surface area contributed by atoms with Gasteiger partial charge in [0.05, 0.1) is 6.04 Å². The number of nitrogens with zero attached hydrogens (tertiary/aromatic N) is 1. The second-order valence-corrected chi connectivity index (χ2v) is 4.87. The molecule has 1 aliphatic rings. The number of hydrogen-bond donors (Lipinski definition) is 1. The molecule has 4 heteroatoms. The van der Waals surface area contributed by atoms with Gasteiger partial charge in [-0.15, -0.1) is 12.4 Å². The van der Waals surface area contributed by atoms with Crippen LogP contribution in [-0.2, 0) is 17.9 Å². The van der Waals surface area contributed by atoms with Crippen LogP contribution in [0.5, 0.6) is 0 Å². The molecule has 100 valence electrons. The van der Waals surface area contributed by atoms with E-state index in [1.54, 1.807) is 0 Å². The molecule has 0 aliphatic carbocycles. The van der Waals surface area contributed by atoms with Gasteiger partial charge in [-0.2, -0.15) is 0 Å². The Morgan fingerprint density at radius 2 is 1.83 bits per heavy atom. The Labute approximate surface area is 115 Å². The number of rotatable bonds is 3. The maximum atomic E-state index is 12.2. The summed E-state index contributed by atoms with van der Waals surface area (Å²) in [5, 5.41) is 0. The minimum Gasteiger partial charge on any atom is -0.333 e. The van der Waals surface area contributed by atoms with Crippen LogP contribution < -0.4 is 5.73 Å². The maximum absolute atomic E-state index is 12.2. The summed E-state index contributed by atoms with van der Waals surface area (Å²) in [6, 6.07) is 7.83. The molecule has 2 atom stereocenters. The normalized spacial score (nSPS) is 16.7. The summed E-state index contributed by atoms with van der Waals surface area (Å²) in [5.74, 6) is 0.321. The van der Waals surface area contributed by atoms with E-state index in [-0.39, 0.29) is 30.3 Å². The van der Waals surface area contributed by atoms with Gasteiger partial charge in [0.25, 0.3) is 0 Å². The van der Waals surface area contributed by atoms with Crippen molar-refractivity contribution < 1.29 is 4.79 Å². The Morgan fingerprint density at radius 3 is 2.28 bits per heavy atom. The number of nitrogens with two attached hydrogens (primary N) is 1. The van der Waals surface area contributed by atoms with Gasteiger partial charge >= 0.3 is 0 Å². The van der Waals surface area contributed by atoms with E-state index < -0.39 is 0 Å². The molecule has 3 nitrogen and oxygen atoms in total. The van der Waals surface area contributed by atoms with Gasteiger partial charge in [-0.25, -0.2) is 0 Å². The van der Waals surface area contributed by atoms with Crippen LogP contribution in [0.4, 0.5) is 0 Å². The summed E-state index contributed by atoms with van der Waals surface area (Å²) in [4.78, 5) is 14.1. The Kier molecular flexibility index (Phi) is 5.17. The number of benzene rings is 1. The summed E-state index contributed by atoms with van der Waals surface area (Å²) < 4.78 is 0. The molecule has 2 rings (SSSR count). The zero-order valence-corrected chi connectivity index (χ0v) is 11.7. The largest absolute Gasteiger partial charge is 0.333 e. The molecule has 0 bridgehead atoms. The number of fused-ring (bicyclic) bond motifs is 1. The van der Waals surface area contributed by atoms with Gasteiger partial charge in [0.1, 0.15) is 0 Å². The quantitative estimate of drug-likeness (QED) is 0.915. The number of amides is 1. The van der Waals surface area contributed by atoms with E-state index in [9.17, 15) is 4.79 Å². The summed E-state index contributed by atoms with van der Waals surface area (Å²) in [5.41, 5.74) is 8.49. The average molecular weight is 269 g/mol. The topological polar surface area (TPSA) is 46.3 Å². The van der Waals surface area contributed by atoms with Crippen LogP contribution >= 0.6 is 12.4 Å². The molecule has 18 heavy (non-hydrogen) atoms. The second kappa shape index (κ2) is 6.21. The van der Waals surface area contributed by atoms with E-state index >= 15 is 0 Å². The molecular formula is C14H21ClN2O. The van der Waals surface area contributed by atoms with Crippen molar-refractivity contribution in [1.82, 2.24) is 4.90 Å². The first-order valence-electron chi connectivity index (χ1n) is 6.24. The van der Waals surface area contributed by atoms with E-state index in [0.29, 0.717) is 13.1 Å². The smallest absolute Gasteiger partial charge is 0.240 e. The molecule has 1 amide bonds. The zero-order valence-electron chi connectivity index (χ0n) is 10.9. The maximum Gasteiger partial charge on any atom is 0.240 e. The number of carbonyl (C=O) groups excluding carboxylic acids is 1. The third kappa shape index (κ3) is 2.85. The van der Waals surface area contributed by atoms with Crippen LogP contribution in [0, 0.1) is 5.92 Å². The molecule has 1 aromatic rings. The Morgan fingerprint density at radius 1 is 1.33 bits per heavy atom. The third-order valence-electron chi connectivity index (χ3n) is 3.69. The number of halogens is 1. The fraction of sp³-hybridized carbons (Fsp3) is 0.500. The first-order chi connectivity index (χ1) is 8.13. The van der Waals surface area contributed by atoms with Crippen LogP contribution in [0.2, 0.25) is 0 Å². The Balaban J connectivity index is 0.00000162. The van der Waals surface area contributed by atoms with Crippen molar-refractivity contribution in [2.45, 2.75) is 39.4 Å². The molecule has 0 unspecified atom stereocenters. The highest BCUT2D eigenvalue weighted by Crippen LogP contribution is 2.23. The van der Waals surface area contributed by atoms with Crippen molar-refractivity contribution in [3.05, 3.63) is 35.4 Å². The standard InChI is InChI=1S/C14H20N2O.ClH/c1-3-10(2)13(15)14(17)16-8-11-6-4-5-7-12(11)9-16;/h4-7,10,13H,3,8-9,15H2,1-2H3;1H/t10-,13-;/m0./s1. The van der Waals surface area contributed by atoms with Crippen LogP contribution in [0.1, 0.15) is 31.4 Å². The van der Waals surface area contributed by atoms with E-state index in [0.717, 1.165) is 6.42 Å². The summed E-state index contributed by atoms with van der Waals surface area (Å²) in [6.45, 7) is 5.51. The SMILES string of the molecule is CC[C@H](C)[C@H](N)C(=O)N1Cc2ccccc2C1.Cl. The summed E-state index contributed by atoms with van der Waals surface area (Å²) in [7, 11) is 0. The summed E-state index contributed by atoms with van der Waals surface area (Å²) in [6.07, 6.45) is 0.938. The molecule has 0 radical (unpaired) electrons. The van der Waals surface area contributed by atoms with Gasteiger partial charge in [0, 0.05) is 13.1 Å². The molecule has 0 fully saturated rings. The van der Waals surface area contributed by atoms with Crippen molar-refractivity contribution in [2.75, 3.05) is 0 Å². The Bertz CT molecular complexity index is 397. The lowest BCUT2D eigenvalue weighted by molar-refractivity contribution is -0.134. The van der Waals surface area contributed by atoms with E-state index in [1.165, 1.54) is 11.1 Å². The monoisotopic (exact) mass is 268 g/mol. The van der Waals surface area contributed by atoms with Crippen molar-refractivity contribution in [3.63, 3.8) is 0 Å². The lowest BCUT2D eigenvalue weighted by atomic mass is 9.99. The molecular weight excluding hydrogens is 248 g/mol. The predicted octanol–water partition coefficient (Wildman–Crippen LogP) is 2.32. The number of carbonyl (C=O) groups is 1. The van der Waals surface area contributed by atoms with Gasteiger partial charge in [0.2, 0.25) is 5.91 Å². The van der Waals surface area contributed by atoms with Crippen molar-refractivity contribution >= 4 is 18.3 Å². The van der Waals surface area contributed by atoms with E-state index in [1.807, 2.05) is 24.0 Å². The van der Waals surface area contributed by atoms with Crippen molar-refractivity contribution in [3.8, 4) is 0 Å². The van der Waals surface area contributed by atoms with Gasteiger partial charge in [-0.1, -0.05) is 44.5 Å². The first kappa shape index (κ1) is 15.0.